The van der Waals surface area contributed by atoms with Gasteiger partial charge in [0.05, 0.1) is 10.6 Å². The van der Waals surface area contributed by atoms with Crippen molar-refractivity contribution in [1.29, 1.82) is 0 Å². The van der Waals surface area contributed by atoms with E-state index in [0.29, 0.717) is 15.6 Å². The van der Waals surface area contributed by atoms with Crippen molar-refractivity contribution in [1.82, 2.24) is 10.2 Å². The molecule has 4 aromatic rings. The largest absolute Gasteiger partial charge is 0.352 e. The van der Waals surface area contributed by atoms with Crippen LogP contribution >= 0.6 is 23.2 Å². The second kappa shape index (κ2) is 15.0. The van der Waals surface area contributed by atoms with Gasteiger partial charge >= 0.3 is 0 Å². The number of carbonyl (C=O) groups excluding carboxylic acids is 2. The van der Waals surface area contributed by atoms with Crippen LogP contribution in [0, 0.1) is 13.8 Å². The molecule has 4 aromatic carbocycles. The zero-order valence-corrected chi connectivity index (χ0v) is 28.0. The number of sulfonamides is 1. The average molecular weight is 667 g/mol. The Balaban J connectivity index is 1.82. The summed E-state index contributed by atoms with van der Waals surface area (Å²) in [5.41, 5.74) is 3.42. The Bertz CT molecular complexity index is 1750. The normalized spacial score (nSPS) is 12.1. The number of amides is 2. The number of benzene rings is 4. The van der Waals surface area contributed by atoms with Gasteiger partial charge in [-0.3, -0.25) is 13.9 Å². The SMILES string of the molecule is Cc1ccc(S(=O)(=O)N(CC(=O)N(Cc2cccc(Cl)c2)C(Cc2ccccc2)C(=O)NC(C)C)c2ccc(C)c(Cl)c2)cc1. The summed E-state index contributed by atoms with van der Waals surface area (Å²) in [6.45, 7) is 6.81. The highest BCUT2D eigenvalue weighted by Gasteiger charge is 2.35. The van der Waals surface area contributed by atoms with Crippen LogP contribution in [0.3, 0.4) is 0 Å². The number of hydrogen-bond donors (Lipinski definition) is 1. The molecule has 45 heavy (non-hydrogen) atoms. The number of anilines is 1. The van der Waals surface area contributed by atoms with E-state index in [1.54, 1.807) is 42.5 Å². The minimum atomic E-state index is -4.23. The van der Waals surface area contributed by atoms with Crippen LogP contribution in [0.25, 0.3) is 0 Å². The van der Waals surface area contributed by atoms with Crippen LogP contribution in [-0.4, -0.2) is 43.8 Å². The number of aryl methyl sites for hydroxylation is 2. The van der Waals surface area contributed by atoms with Crippen molar-refractivity contribution in [2.24, 2.45) is 0 Å². The summed E-state index contributed by atoms with van der Waals surface area (Å²) in [7, 11) is -4.23. The van der Waals surface area contributed by atoms with E-state index in [-0.39, 0.29) is 35.5 Å². The van der Waals surface area contributed by atoms with Gasteiger partial charge in [-0.1, -0.05) is 89.4 Å². The summed E-state index contributed by atoms with van der Waals surface area (Å²) in [6, 6.07) is 26.6. The first-order valence-corrected chi connectivity index (χ1v) is 16.8. The van der Waals surface area contributed by atoms with Gasteiger partial charge in [-0.2, -0.15) is 0 Å². The van der Waals surface area contributed by atoms with Crippen molar-refractivity contribution in [3.8, 4) is 0 Å². The van der Waals surface area contributed by atoms with E-state index in [1.165, 1.54) is 23.1 Å². The number of nitrogens with zero attached hydrogens (tertiary/aromatic N) is 2. The summed E-state index contributed by atoms with van der Waals surface area (Å²) in [5, 5.41) is 3.78. The second-order valence-electron chi connectivity index (χ2n) is 11.3. The molecule has 2 amide bonds. The minimum Gasteiger partial charge on any atom is -0.352 e. The van der Waals surface area contributed by atoms with E-state index < -0.39 is 28.5 Å². The number of halogens is 2. The third-order valence-electron chi connectivity index (χ3n) is 7.28. The summed E-state index contributed by atoms with van der Waals surface area (Å²) in [5.74, 6) is -0.919. The standard InChI is InChI=1S/C35H37Cl2N3O4S/c1-24(2)38-35(42)33(20-27-9-6-5-7-10-27)39(22-28-11-8-12-29(36)19-28)34(41)23-40(30-16-15-26(4)32(37)21-30)45(43,44)31-17-13-25(3)14-18-31/h5-19,21,24,33H,20,22-23H2,1-4H3,(H,38,42). The van der Waals surface area contributed by atoms with Crippen LogP contribution in [0.5, 0.6) is 0 Å². The highest BCUT2D eigenvalue weighted by Crippen LogP contribution is 2.29. The van der Waals surface area contributed by atoms with Gasteiger partial charge in [0.25, 0.3) is 10.0 Å². The van der Waals surface area contributed by atoms with Gasteiger partial charge in [0.15, 0.2) is 0 Å². The Morgan fingerprint density at radius 3 is 2.11 bits per heavy atom. The Labute approximate surface area is 275 Å². The molecular weight excluding hydrogens is 629 g/mol. The van der Waals surface area contributed by atoms with Crippen molar-refractivity contribution in [3.63, 3.8) is 0 Å². The summed E-state index contributed by atoms with van der Waals surface area (Å²) < 4.78 is 29.4. The molecule has 4 rings (SSSR count). The highest BCUT2D eigenvalue weighted by atomic mass is 35.5. The minimum absolute atomic E-state index is 0.0233. The Hall–Kier alpha value is -3.85. The first-order chi connectivity index (χ1) is 21.3. The van der Waals surface area contributed by atoms with Crippen LogP contribution in [-0.2, 0) is 32.6 Å². The molecule has 0 bridgehead atoms. The molecule has 0 aromatic heterocycles. The molecule has 1 N–H and O–H groups in total. The van der Waals surface area contributed by atoms with Crippen LogP contribution in [0.4, 0.5) is 5.69 Å². The van der Waals surface area contributed by atoms with Gasteiger partial charge in [-0.15, -0.1) is 0 Å². The third kappa shape index (κ3) is 8.87. The fraction of sp³-hybridized carbons (Fsp3) is 0.257. The van der Waals surface area contributed by atoms with E-state index in [1.807, 2.05) is 64.1 Å². The summed E-state index contributed by atoms with van der Waals surface area (Å²) in [6.07, 6.45) is 0.215. The smallest absolute Gasteiger partial charge is 0.264 e. The third-order valence-corrected chi connectivity index (χ3v) is 9.71. The highest BCUT2D eigenvalue weighted by molar-refractivity contribution is 7.92. The lowest BCUT2D eigenvalue weighted by Gasteiger charge is -2.34. The van der Waals surface area contributed by atoms with Crippen LogP contribution in [0.1, 0.15) is 36.1 Å². The zero-order valence-electron chi connectivity index (χ0n) is 25.7. The molecule has 0 heterocycles. The van der Waals surface area contributed by atoms with Crippen molar-refractivity contribution < 1.29 is 18.0 Å². The van der Waals surface area contributed by atoms with Crippen LogP contribution in [0.15, 0.2) is 102 Å². The molecule has 236 valence electrons. The molecule has 0 fully saturated rings. The van der Waals surface area contributed by atoms with Crippen molar-refractivity contribution in [2.75, 3.05) is 10.8 Å². The van der Waals surface area contributed by atoms with Crippen molar-refractivity contribution in [3.05, 3.63) is 129 Å². The van der Waals surface area contributed by atoms with Gasteiger partial charge in [-0.25, -0.2) is 8.42 Å². The predicted molar refractivity (Wildman–Crippen MR) is 181 cm³/mol. The van der Waals surface area contributed by atoms with Gasteiger partial charge in [0.1, 0.15) is 12.6 Å². The summed E-state index contributed by atoms with van der Waals surface area (Å²) in [4.78, 5) is 29.7. The first-order valence-electron chi connectivity index (χ1n) is 14.6. The first kappa shape index (κ1) is 34.0. The maximum absolute atomic E-state index is 14.5. The Kier molecular flexibility index (Phi) is 11.3. The number of nitrogens with one attached hydrogen (secondary N) is 1. The fourth-order valence-corrected chi connectivity index (χ4v) is 6.66. The molecule has 0 aliphatic rings. The predicted octanol–water partition coefficient (Wildman–Crippen LogP) is 6.97. The molecular formula is C35H37Cl2N3O4S. The lowest BCUT2D eigenvalue weighted by molar-refractivity contribution is -0.140. The number of carbonyl (C=O) groups is 2. The van der Waals surface area contributed by atoms with E-state index in [0.717, 1.165) is 21.0 Å². The lowest BCUT2D eigenvalue weighted by atomic mass is 10.0. The molecule has 0 aliphatic carbocycles. The molecule has 0 saturated carbocycles. The van der Waals surface area contributed by atoms with E-state index >= 15 is 0 Å². The van der Waals surface area contributed by atoms with Crippen LogP contribution in [0.2, 0.25) is 10.0 Å². The van der Waals surface area contributed by atoms with Gasteiger partial charge in [0, 0.05) is 29.1 Å². The molecule has 0 aliphatic heterocycles. The Morgan fingerprint density at radius 2 is 1.49 bits per heavy atom. The zero-order chi connectivity index (χ0) is 32.7. The quantitative estimate of drug-likeness (QED) is 0.177. The summed E-state index contributed by atoms with van der Waals surface area (Å²) >= 11 is 12.7. The number of rotatable bonds is 12. The molecule has 10 heteroatoms. The Morgan fingerprint density at radius 1 is 0.822 bits per heavy atom. The average Bonchev–Trinajstić information content (AvgIpc) is 2.99. The maximum Gasteiger partial charge on any atom is 0.264 e. The lowest BCUT2D eigenvalue weighted by Crippen LogP contribution is -2.54. The fourth-order valence-electron chi connectivity index (χ4n) is 4.87. The molecule has 0 spiro atoms. The topological polar surface area (TPSA) is 86.8 Å². The van der Waals surface area contributed by atoms with Crippen LogP contribution < -0.4 is 9.62 Å². The van der Waals surface area contributed by atoms with Gasteiger partial charge in [0.2, 0.25) is 11.8 Å². The second-order valence-corrected chi connectivity index (χ2v) is 14.0. The monoisotopic (exact) mass is 665 g/mol. The molecule has 0 radical (unpaired) electrons. The molecule has 1 atom stereocenters. The molecule has 0 saturated heterocycles. The number of hydrogen-bond acceptors (Lipinski definition) is 4. The van der Waals surface area contributed by atoms with Gasteiger partial charge < -0.3 is 10.2 Å². The van der Waals surface area contributed by atoms with E-state index in [4.69, 9.17) is 23.2 Å². The van der Waals surface area contributed by atoms with Crippen molar-refractivity contribution >= 4 is 50.7 Å². The molecule has 7 nitrogen and oxygen atoms in total. The maximum atomic E-state index is 14.5. The van der Waals surface area contributed by atoms with Crippen molar-refractivity contribution in [2.45, 2.75) is 57.6 Å². The van der Waals surface area contributed by atoms with E-state index in [9.17, 15) is 18.0 Å². The van der Waals surface area contributed by atoms with Gasteiger partial charge in [-0.05, 0) is 80.8 Å². The van der Waals surface area contributed by atoms with E-state index in [2.05, 4.69) is 5.32 Å². The molecule has 1 unspecified atom stereocenters.